The van der Waals surface area contributed by atoms with Gasteiger partial charge in [0, 0.05) is 22.5 Å². The summed E-state index contributed by atoms with van der Waals surface area (Å²) in [7, 11) is 0. The highest BCUT2D eigenvalue weighted by molar-refractivity contribution is 9.10. The molecule has 1 fully saturated rings. The van der Waals surface area contributed by atoms with Crippen LogP contribution in [0.2, 0.25) is 0 Å². The van der Waals surface area contributed by atoms with Gasteiger partial charge >= 0.3 is 5.97 Å². The summed E-state index contributed by atoms with van der Waals surface area (Å²) in [6.07, 6.45) is 0.345. The summed E-state index contributed by atoms with van der Waals surface area (Å²) in [5.41, 5.74) is 0.941. The number of carboxylic acid groups (broad SMARTS) is 1. The average Bonchev–Trinajstić information content (AvgIpc) is 2.38. The van der Waals surface area contributed by atoms with Gasteiger partial charge in [-0.15, -0.1) is 0 Å². The monoisotopic (exact) mass is 357 g/mol. The van der Waals surface area contributed by atoms with Gasteiger partial charge in [-0.2, -0.15) is 11.8 Å². The maximum Gasteiger partial charge on any atom is 0.305 e. The fraction of sp³-hybridized carbons (Fsp3) is 0.429. The predicted octanol–water partition coefficient (Wildman–Crippen LogP) is 2.41. The first-order valence-corrected chi connectivity index (χ1v) is 8.34. The maximum absolute atomic E-state index is 12.4. The molecule has 1 aliphatic rings. The fourth-order valence-corrected chi connectivity index (χ4v) is 3.79. The number of carbonyl (C=O) groups is 2. The van der Waals surface area contributed by atoms with E-state index in [9.17, 15) is 9.59 Å². The molecule has 1 atom stereocenters. The summed E-state index contributed by atoms with van der Waals surface area (Å²) in [6.45, 7) is 0.634. The van der Waals surface area contributed by atoms with Crippen molar-refractivity contribution in [3.8, 4) is 0 Å². The molecule has 108 valence electrons. The van der Waals surface area contributed by atoms with Gasteiger partial charge in [0.05, 0.1) is 18.9 Å². The molecule has 0 aliphatic carbocycles. The number of nitrogens with zero attached hydrogens (tertiary/aromatic N) is 1. The van der Waals surface area contributed by atoms with Crippen LogP contribution in [0.3, 0.4) is 0 Å². The Kier molecular flexibility index (Phi) is 5.48. The highest BCUT2D eigenvalue weighted by Crippen LogP contribution is 2.21. The normalized spacial score (nSPS) is 18.9. The van der Waals surface area contributed by atoms with E-state index in [2.05, 4.69) is 15.9 Å². The minimum Gasteiger partial charge on any atom is -0.481 e. The topological polar surface area (TPSA) is 57.6 Å². The van der Waals surface area contributed by atoms with Crippen molar-refractivity contribution in [1.82, 2.24) is 4.90 Å². The number of rotatable bonds is 4. The molecule has 1 aliphatic heterocycles. The summed E-state index contributed by atoms with van der Waals surface area (Å²) in [5.74, 6) is 0.740. The van der Waals surface area contributed by atoms with E-state index in [1.807, 2.05) is 24.3 Å². The van der Waals surface area contributed by atoms with Crippen LogP contribution in [0.1, 0.15) is 12.0 Å². The molecule has 4 nitrogen and oxygen atoms in total. The Morgan fingerprint density at radius 3 is 2.95 bits per heavy atom. The summed E-state index contributed by atoms with van der Waals surface area (Å²) < 4.78 is 0.944. The third kappa shape index (κ3) is 4.24. The van der Waals surface area contributed by atoms with E-state index in [0.29, 0.717) is 18.7 Å². The summed E-state index contributed by atoms with van der Waals surface area (Å²) in [6, 6.07) is 7.45. The first-order chi connectivity index (χ1) is 9.56. The fourth-order valence-electron chi connectivity index (χ4n) is 2.28. The van der Waals surface area contributed by atoms with Crippen molar-refractivity contribution in [1.29, 1.82) is 0 Å². The number of thioether (sulfide) groups is 1. The van der Waals surface area contributed by atoms with Gasteiger partial charge in [0.2, 0.25) is 5.91 Å². The number of carboxylic acids is 1. The van der Waals surface area contributed by atoms with Crippen LogP contribution in [0.5, 0.6) is 0 Å². The quantitative estimate of drug-likeness (QED) is 0.898. The Hall–Kier alpha value is -1.01. The molecule has 1 aromatic carbocycles. The van der Waals surface area contributed by atoms with E-state index in [1.54, 1.807) is 16.7 Å². The molecule has 0 saturated carbocycles. The Bertz CT molecular complexity index is 509. The summed E-state index contributed by atoms with van der Waals surface area (Å²) in [4.78, 5) is 25.0. The van der Waals surface area contributed by atoms with Crippen LogP contribution < -0.4 is 0 Å². The van der Waals surface area contributed by atoms with Gasteiger partial charge in [0.15, 0.2) is 0 Å². The molecule has 1 saturated heterocycles. The minimum absolute atomic E-state index is 0.00894. The molecule has 0 spiro atoms. The van der Waals surface area contributed by atoms with E-state index < -0.39 is 5.97 Å². The molecule has 1 amide bonds. The van der Waals surface area contributed by atoms with Gasteiger partial charge in [0.25, 0.3) is 0 Å². The van der Waals surface area contributed by atoms with Gasteiger partial charge in [0.1, 0.15) is 0 Å². The first-order valence-electron chi connectivity index (χ1n) is 6.39. The van der Waals surface area contributed by atoms with Crippen molar-refractivity contribution in [3.05, 3.63) is 34.3 Å². The molecule has 1 heterocycles. The SMILES string of the molecule is O=C(O)CC1CSCCN1C(=O)Cc1cccc(Br)c1. The van der Waals surface area contributed by atoms with Crippen LogP contribution in [0.15, 0.2) is 28.7 Å². The minimum atomic E-state index is -0.849. The van der Waals surface area contributed by atoms with Crippen molar-refractivity contribution in [2.24, 2.45) is 0 Å². The highest BCUT2D eigenvalue weighted by Gasteiger charge is 2.28. The largest absolute Gasteiger partial charge is 0.481 e. The van der Waals surface area contributed by atoms with Crippen molar-refractivity contribution >= 4 is 39.6 Å². The van der Waals surface area contributed by atoms with E-state index in [4.69, 9.17) is 5.11 Å². The van der Waals surface area contributed by atoms with Gasteiger partial charge in [-0.05, 0) is 17.7 Å². The van der Waals surface area contributed by atoms with Crippen LogP contribution >= 0.6 is 27.7 Å². The van der Waals surface area contributed by atoms with Gasteiger partial charge < -0.3 is 10.0 Å². The highest BCUT2D eigenvalue weighted by atomic mass is 79.9. The molecule has 0 aromatic heterocycles. The lowest BCUT2D eigenvalue weighted by Crippen LogP contribution is -2.47. The Morgan fingerprint density at radius 2 is 2.25 bits per heavy atom. The molecule has 20 heavy (non-hydrogen) atoms. The van der Waals surface area contributed by atoms with Crippen LogP contribution in [-0.2, 0) is 16.0 Å². The number of benzene rings is 1. The van der Waals surface area contributed by atoms with Gasteiger partial charge in [-0.25, -0.2) is 0 Å². The van der Waals surface area contributed by atoms with Crippen molar-refractivity contribution in [3.63, 3.8) is 0 Å². The molecule has 2 rings (SSSR count). The number of hydrogen-bond donors (Lipinski definition) is 1. The van der Waals surface area contributed by atoms with E-state index in [-0.39, 0.29) is 18.4 Å². The van der Waals surface area contributed by atoms with Crippen molar-refractivity contribution < 1.29 is 14.7 Å². The molecule has 0 bridgehead atoms. The molecule has 0 radical (unpaired) electrons. The number of hydrogen-bond acceptors (Lipinski definition) is 3. The third-order valence-electron chi connectivity index (χ3n) is 3.20. The lowest BCUT2D eigenvalue weighted by molar-refractivity contribution is -0.140. The Morgan fingerprint density at radius 1 is 1.45 bits per heavy atom. The van der Waals surface area contributed by atoms with Crippen molar-refractivity contribution in [2.75, 3.05) is 18.1 Å². The molecule has 1 N–H and O–H groups in total. The zero-order valence-electron chi connectivity index (χ0n) is 10.9. The standard InChI is InChI=1S/C14H16BrNO3S/c15-11-3-1-2-10(6-11)7-13(17)16-4-5-20-9-12(16)8-14(18)19/h1-3,6,12H,4-5,7-9H2,(H,18,19). The van der Waals surface area contributed by atoms with Crippen LogP contribution in [0, 0.1) is 0 Å². The Labute approximate surface area is 130 Å². The van der Waals surface area contributed by atoms with Crippen LogP contribution in [0.25, 0.3) is 0 Å². The maximum atomic E-state index is 12.4. The second-order valence-electron chi connectivity index (χ2n) is 4.72. The average molecular weight is 358 g/mol. The van der Waals surface area contributed by atoms with Gasteiger partial charge in [-0.1, -0.05) is 28.1 Å². The lowest BCUT2D eigenvalue weighted by atomic mass is 10.1. The zero-order valence-corrected chi connectivity index (χ0v) is 13.3. The number of halogens is 1. The molecular formula is C14H16BrNO3S. The summed E-state index contributed by atoms with van der Waals surface area (Å²) in [5, 5.41) is 8.94. The van der Waals surface area contributed by atoms with Gasteiger partial charge in [-0.3, -0.25) is 9.59 Å². The predicted molar refractivity (Wildman–Crippen MR) is 82.9 cm³/mol. The number of carbonyl (C=O) groups excluding carboxylic acids is 1. The van der Waals surface area contributed by atoms with E-state index in [0.717, 1.165) is 15.8 Å². The smallest absolute Gasteiger partial charge is 0.305 e. The second kappa shape index (κ2) is 7.13. The molecule has 1 unspecified atom stereocenters. The lowest BCUT2D eigenvalue weighted by Gasteiger charge is -2.34. The second-order valence-corrected chi connectivity index (χ2v) is 6.79. The molecule has 6 heteroatoms. The third-order valence-corrected chi connectivity index (χ3v) is 4.79. The van der Waals surface area contributed by atoms with E-state index >= 15 is 0 Å². The van der Waals surface area contributed by atoms with Crippen molar-refractivity contribution in [2.45, 2.75) is 18.9 Å². The van der Waals surface area contributed by atoms with Crippen LogP contribution in [-0.4, -0.2) is 46.0 Å². The number of amides is 1. The molecule has 1 aromatic rings. The Balaban J connectivity index is 2.04. The molecular weight excluding hydrogens is 342 g/mol. The van der Waals surface area contributed by atoms with E-state index in [1.165, 1.54) is 0 Å². The van der Waals surface area contributed by atoms with Crippen LogP contribution in [0.4, 0.5) is 0 Å². The summed E-state index contributed by atoms with van der Waals surface area (Å²) >= 11 is 5.10. The first kappa shape index (κ1) is 15.4. The number of aliphatic carboxylic acids is 1. The zero-order chi connectivity index (χ0) is 14.5.